The Morgan fingerprint density at radius 1 is 1.18 bits per heavy atom. The molecule has 1 aromatic carbocycles. The topological polar surface area (TPSA) is 130 Å². The highest BCUT2D eigenvalue weighted by atomic mass is 32.2. The van der Waals surface area contributed by atoms with Gasteiger partial charge < -0.3 is 4.42 Å². The molecular weight excluding hydrogens is 384 g/mol. The lowest BCUT2D eigenvalue weighted by molar-refractivity contribution is -0.124. The van der Waals surface area contributed by atoms with Gasteiger partial charge in [-0.1, -0.05) is 32.4 Å². The standard InChI is InChI=1S/C18H20N4O5S/c1-3-11(2)15(18(24)21-20-17(23)13-8-6-10-27-13)19-16-12-7-4-5-9-14(12)28(25,26)22-16/h4-11,15H,3H2,1-2H3,(H,19,22)(H,20,23)(H,21,24)/t11-,15-/m0/s1. The number of aliphatic imine (C=N–C) groups is 1. The van der Waals surface area contributed by atoms with Crippen molar-refractivity contribution in [3.8, 4) is 0 Å². The maximum absolute atomic E-state index is 12.6. The van der Waals surface area contributed by atoms with Gasteiger partial charge in [0.1, 0.15) is 11.9 Å². The molecule has 1 aliphatic rings. The van der Waals surface area contributed by atoms with Crippen LogP contribution in [0.25, 0.3) is 0 Å². The van der Waals surface area contributed by atoms with E-state index in [1.165, 1.54) is 18.4 Å². The van der Waals surface area contributed by atoms with Crippen molar-refractivity contribution >= 4 is 27.7 Å². The Kier molecular flexibility index (Phi) is 5.50. The van der Waals surface area contributed by atoms with Crippen molar-refractivity contribution in [2.75, 3.05) is 0 Å². The summed E-state index contributed by atoms with van der Waals surface area (Å²) in [6.45, 7) is 3.71. The van der Waals surface area contributed by atoms with Gasteiger partial charge in [0, 0.05) is 5.56 Å². The molecule has 0 saturated carbocycles. The smallest absolute Gasteiger partial charge is 0.305 e. The summed E-state index contributed by atoms with van der Waals surface area (Å²) in [5, 5.41) is 0. The lowest BCUT2D eigenvalue weighted by atomic mass is 9.99. The summed E-state index contributed by atoms with van der Waals surface area (Å²) in [4.78, 5) is 29.0. The molecule has 1 aromatic heterocycles. The fourth-order valence-corrected chi connectivity index (χ4v) is 3.94. The Morgan fingerprint density at radius 2 is 1.93 bits per heavy atom. The number of carbonyl (C=O) groups is 2. The number of carbonyl (C=O) groups excluding carboxylic acids is 2. The van der Waals surface area contributed by atoms with Crippen molar-refractivity contribution in [3.63, 3.8) is 0 Å². The van der Waals surface area contributed by atoms with E-state index in [1.807, 2.05) is 13.8 Å². The number of hydrogen-bond donors (Lipinski definition) is 3. The van der Waals surface area contributed by atoms with Gasteiger partial charge in [0.2, 0.25) is 0 Å². The number of amidine groups is 1. The monoisotopic (exact) mass is 404 g/mol. The van der Waals surface area contributed by atoms with E-state index in [-0.39, 0.29) is 22.4 Å². The zero-order chi connectivity index (χ0) is 20.3. The number of sulfonamides is 1. The molecule has 0 radical (unpaired) electrons. The third-order valence-electron chi connectivity index (χ3n) is 4.43. The van der Waals surface area contributed by atoms with Gasteiger partial charge in [-0.15, -0.1) is 0 Å². The van der Waals surface area contributed by atoms with Crippen LogP contribution in [-0.4, -0.2) is 32.1 Å². The predicted molar refractivity (Wildman–Crippen MR) is 101 cm³/mol. The number of nitrogens with zero attached hydrogens (tertiary/aromatic N) is 1. The van der Waals surface area contributed by atoms with Crippen LogP contribution in [0.3, 0.4) is 0 Å². The minimum absolute atomic E-state index is 0.0455. The SMILES string of the molecule is CC[C@H](C)[C@H](N=C1NS(=O)(=O)c2ccccc21)C(=O)NNC(=O)c1ccco1. The molecule has 2 aromatic rings. The van der Waals surface area contributed by atoms with Crippen LogP contribution in [0.2, 0.25) is 0 Å². The highest BCUT2D eigenvalue weighted by molar-refractivity contribution is 7.90. The Labute approximate surface area is 162 Å². The molecular formula is C18H20N4O5S. The summed E-state index contributed by atoms with van der Waals surface area (Å²) in [6.07, 6.45) is 1.96. The number of fused-ring (bicyclic) bond motifs is 1. The van der Waals surface area contributed by atoms with E-state index in [1.54, 1.807) is 24.3 Å². The molecule has 2 atom stereocenters. The normalized spacial score (nSPS) is 18.0. The number of nitrogens with one attached hydrogen (secondary N) is 3. The highest BCUT2D eigenvalue weighted by Crippen LogP contribution is 2.24. The second-order valence-corrected chi connectivity index (χ2v) is 7.98. The molecule has 0 bridgehead atoms. The molecule has 0 fully saturated rings. The Morgan fingerprint density at radius 3 is 2.61 bits per heavy atom. The third kappa shape index (κ3) is 3.91. The van der Waals surface area contributed by atoms with Crippen LogP contribution in [0.15, 0.2) is 57.0 Å². The van der Waals surface area contributed by atoms with Crippen LogP contribution >= 0.6 is 0 Å². The zero-order valence-corrected chi connectivity index (χ0v) is 16.1. The first-order chi connectivity index (χ1) is 13.3. The number of hydrogen-bond acceptors (Lipinski definition) is 6. The number of rotatable bonds is 5. The van der Waals surface area contributed by atoms with E-state index in [0.29, 0.717) is 12.0 Å². The van der Waals surface area contributed by atoms with Crippen molar-refractivity contribution < 1.29 is 22.4 Å². The summed E-state index contributed by atoms with van der Waals surface area (Å²) >= 11 is 0. The first-order valence-corrected chi connectivity index (χ1v) is 10.2. The van der Waals surface area contributed by atoms with Crippen molar-refractivity contribution in [2.45, 2.75) is 31.2 Å². The number of hydrazine groups is 1. The van der Waals surface area contributed by atoms with Crippen molar-refractivity contribution in [1.29, 1.82) is 0 Å². The van der Waals surface area contributed by atoms with Crippen LogP contribution in [0.1, 0.15) is 36.4 Å². The molecule has 0 saturated heterocycles. The van der Waals surface area contributed by atoms with E-state index in [0.717, 1.165) is 0 Å². The number of furan rings is 1. The molecule has 10 heteroatoms. The third-order valence-corrected chi connectivity index (χ3v) is 5.82. The Balaban J connectivity index is 1.82. The quantitative estimate of drug-likeness (QED) is 0.645. The minimum atomic E-state index is -3.71. The Hall–Kier alpha value is -3.14. The largest absolute Gasteiger partial charge is 0.459 e. The molecule has 0 spiro atoms. The maximum atomic E-state index is 12.6. The van der Waals surface area contributed by atoms with Gasteiger partial charge in [0.15, 0.2) is 5.76 Å². The lowest BCUT2D eigenvalue weighted by Gasteiger charge is -2.19. The highest BCUT2D eigenvalue weighted by Gasteiger charge is 2.33. The average Bonchev–Trinajstić information content (AvgIpc) is 3.30. The summed E-state index contributed by atoms with van der Waals surface area (Å²) in [7, 11) is -3.71. The molecule has 9 nitrogen and oxygen atoms in total. The minimum Gasteiger partial charge on any atom is -0.459 e. The van der Waals surface area contributed by atoms with Crippen molar-refractivity contribution in [2.24, 2.45) is 10.9 Å². The van der Waals surface area contributed by atoms with Gasteiger partial charge in [-0.2, -0.15) is 0 Å². The average molecular weight is 404 g/mol. The van der Waals surface area contributed by atoms with Gasteiger partial charge in [-0.05, 0) is 30.2 Å². The van der Waals surface area contributed by atoms with Crippen molar-refractivity contribution in [1.82, 2.24) is 15.6 Å². The fourth-order valence-electron chi connectivity index (χ4n) is 2.70. The molecule has 148 valence electrons. The number of amides is 2. The molecule has 1 aliphatic heterocycles. The van der Waals surface area contributed by atoms with Crippen LogP contribution in [0.4, 0.5) is 0 Å². The fraction of sp³-hybridized carbons (Fsp3) is 0.278. The zero-order valence-electron chi connectivity index (χ0n) is 15.3. The van der Waals surface area contributed by atoms with Crippen molar-refractivity contribution in [3.05, 3.63) is 54.0 Å². The van der Waals surface area contributed by atoms with Gasteiger partial charge in [0.05, 0.1) is 11.2 Å². The number of benzene rings is 1. The summed E-state index contributed by atoms with van der Waals surface area (Å²) in [6, 6.07) is 8.50. The molecule has 2 heterocycles. The first kappa shape index (κ1) is 19.6. The molecule has 3 N–H and O–H groups in total. The van der Waals surface area contributed by atoms with Crippen LogP contribution in [-0.2, 0) is 14.8 Å². The van der Waals surface area contributed by atoms with Gasteiger partial charge in [-0.25, -0.2) is 8.42 Å². The van der Waals surface area contributed by atoms with Crippen LogP contribution in [0, 0.1) is 5.92 Å². The van der Waals surface area contributed by atoms with Crippen LogP contribution in [0.5, 0.6) is 0 Å². The van der Waals surface area contributed by atoms with E-state index in [9.17, 15) is 18.0 Å². The molecule has 0 aliphatic carbocycles. The molecule has 3 rings (SSSR count). The van der Waals surface area contributed by atoms with E-state index < -0.39 is 27.9 Å². The van der Waals surface area contributed by atoms with E-state index in [2.05, 4.69) is 20.6 Å². The van der Waals surface area contributed by atoms with E-state index in [4.69, 9.17) is 4.42 Å². The molecule has 2 amide bonds. The Bertz CT molecular complexity index is 1010. The summed E-state index contributed by atoms with van der Waals surface area (Å²) in [5.74, 6) is -1.23. The second kappa shape index (κ2) is 7.85. The maximum Gasteiger partial charge on any atom is 0.305 e. The first-order valence-electron chi connectivity index (χ1n) is 8.67. The van der Waals surface area contributed by atoms with Gasteiger partial charge in [-0.3, -0.25) is 30.2 Å². The summed E-state index contributed by atoms with van der Waals surface area (Å²) < 4.78 is 31.8. The van der Waals surface area contributed by atoms with Gasteiger partial charge >= 0.3 is 5.91 Å². The predicted octanol–water partition coefficient (Wildman–Crippen LogP) is 1.19. The van der Waals surface area contributed by atoms with Crippen LogP contribution < -0.4 is 15.6 Å². The lowest BCUT2D eigenvalue weighted by Crippen LogP contribution is -2.48. The molecule has 28 heavy (non-hydrogen) atoms. The second-order valence-electron chi connectivity index (χ2n) is 6.33. The molecule has 0 unspecified atom stereocenters. The van der Waals surface area contributed by atoms with E-state index >= 15 is 0 Å². The summed E-state index contributed by atoms with van der Waals surface area (Å²) in [5.41, 5.74) is 4.99. The van der Waals surface area contributed by atoms with Gasteiger partial charge in [0.25, 0.3) is 15.9 Å².